The molecule has 148 valence electrons. The SMILES string of the molecule is CNc1ncnc2c1ncn2[C@H]1O[C@H]2[C@@H](OC(=O)[C@H]2OC(C)=O)[C@@H]1OC(C)=O. The van der Waals surface area contributed by atoms with Gasteiger partial charge < -0.3 is 24.3 Å². The molecule has 0 saturated carbocycles. The van der Waals surface area contributed by atoms with Crippen molar-refractivity contribution in [1.29, 1.82) is 0 Å². The standard InChI is InChI=1S/C16H17N5O7/c1-6(22)25-11-9-10(12(16(24)28-9)26-7(2)23)27-15(11)21-5-20-8-13(17-3)18-4-19-14(8)21/h4-5,9-12,15H,1-3H3,(H,17,18,19)/t9-,10+,11+,12+,15+/m1/s1. The Morgan fingerprint density at radius 3 is 2.57 bits per heavy atom. The summed E-state index contributed by atoms with van der Waals surface area (Å²) in [4.78, 5) is 47.7. The Hall–Kier alpha value is -3.28. The normalized spacial score (nSPS) is 28.7. The van der Waals surface area contributed by atoms with Gasteiger partial charge in [-0.15, -0.1) is 0 Å². The van der Waals surface area contributed by atoms with Crippen molar-refractivity contribution in [1.82, 2.24) is 19.5 Å². The van der Waals surface area contributed by atoms with Crippen molar-refractivity contribution >= 4 is 34.9 Å². The number of hydrogen-bond donors (Lipinski definition) is 1. The second-order valence-electron chi connectivity index (χ2n) is 6.29. The zero-order valence-corrected chi connectivity index (χ0v) is 15.2. The zero-order valence-electron chi connectivity index (χ0n) is 15.2. The first kappa shape index (κ1) is 18.1. The fraction of sp³-hybridized carbons (Fsp3) is 0.500. The van der Waals surface area contributed by atoms with Crippen LogP contribution in [-0.4, -0.2) is 68.9 Å². The van der Waals surface area contributed by atoms with E-state index in [-0.39, 0.29) is 0 Å². The molecule has 5 atom stereocenters. The monoisotopic (exact) mass is 391 g/mol. The quantitative estimate of drug-likeness (QED) is 0.534. The van der Waals surface area contributed by atoms with Crippen molar-refractivity contribution in [3.63, 3.8) is 0 Å². The molecule has 12 nitrogen and oxygen atoms in total. The summed E-state index contributed by atoms with van der Waals surface area (Å²) in [5.74, 6) is -1.48. The van der Waals surface area contributed by atoms with Crippen LogP contribution < -0.4 is 5.32 Å². The van der Waals surface area contributed by atoms with Crippen LogP contribution in [0.1, 0.15) is 20.1 Å². The van der Waals surface area contributed by atoms with Gasteiger partial charge in [-0.05, 0) is 0 Å². The molecule has 0 unspecified atom stereocenters. The smallest absolute Gasteiger partial charge is 0.350 e. The molecule has 1 N–H and O–H groups in total. The molecule has 0 aromatic carbocycles. The summed E-state index contributed by atoms with van der Waals surface area (Å²) < 4.78 is 23.2. The minimum atomic E-state index is -1.25. The molecule has 2 fully saturated rings. The highest BCUT2D eigenvalue weighted by atomic mass is 16.7. The number of carbonyl (C=O) groups excluding carboxylic acids is 3. The molecule has 0 spiro atoms. The Balaban J connectivity index is 1.73. The number of fused-ring (bicyclic) bond motifs is 2. The Morgan fingerprint density at radius 2 is 1.89 bits per heavy atom. The highest BCUT2D eigenvalue weighted by molar-refractivity contribution is 5.83. The van der Waals surface area contributed by atoms with Gasteiger partial charge >= 0.3 is 17.9 Å². The maximum atomic E-state index is 12.1. The van der Waals surface area contributed by atoms with E-state index in [1.165, 1.54) is 26.5 Å². The van der Waals surface area contributed by atoms with Crippen molar-refractivity contribution in [3.05, 3.63) is 12.7 Å². The predicted octanol–water partition coefficient (Wildman–Crippen LogP) is -0.446. The second-order valence-corrected chi connectivity index (χ2v) is 6.29. The minimum Gasteiger partial charge on any atom is -0.454 e. The number of nitrogens with one attached hydrogen (secondary N) is 1. The first-order valence-corrected chi connectivity index (χ1v) is 8.46. The summed E-state index contributed by atoms with van der Waals surface area (Å²) in [6.45, 7) is 2.41. The number of carbonyl (C=O) groups is 3. The maximum Gasteiger partial charge on any atom is 0.350 e. The van der Waals surface area contributed by atoms with Crippen LogP contribution >= 0.6 is 0 Å². The summed E-state index contributed by atoms with van der Waals surface area (Å²) in [7, 11) is 1.70. The zero-order chi connectivity index (χ0) is 20.0. The fourth-order valence-corrected chi connectivity index (χ4v) is 3.43. The molecular formula is C16H17N5O7. The lowest BCUT2D eigenvalue weighted by atomic mass is 10.1. The molecule has 2 aromatic heterocycles. The van der Waals surface area contributed by atoms with Crippen LogP contribution in [-0.2, 0) is 33.3 Å². The summed E-state index contributed by atoms with van der Waals surface area (Å²) in [5.41, 5.74) is 0.914. The van der Waals surface area contributed by atoms with E-state index in [9.17, 15) is 14.4 Å². The van der Waals surface area contributed by atoms with E-state index in [0.29, 0.717) is 17.0 Å². The van der Waals surface area contributed by atoms with E-state index in [1.807, 2.05) is 0 Å². The van der Waals surface area contributed by atoms with E-state index in [1.54, 1.807) is 11.6 Å². The lowest BCUT2D eigenvalue weighted by molar-refractivity contribution is -0.174. The Kier molecular flexibility index (Phi) is 4.34. The van der Waals surface area contributed by atoms with Gasteiger partial charge in [0.25, 0.3) is 0 Å². The molecule has 0 amide bonds. The number of aromatic nitrogens is 4. The third-order valence-electron chi connectivity index (χ3n) is 4.47. The average molecular weight is 391 g/mol. The van der Waals surface area contributed by atoms with Gasteiger partial charge in [0.1, 0.15) is 17.9 Å². The summed E-state index contributed by atoms with van der Waals surface area (Å²) >= 11 is 0. The molecule has 12 heteroatoms. The number of hydrogen-bond acceptors (Lipinski definition) is 11. The third-order valence-corrected chi connectivity index (χ3v) is 4.47. The molecule has 28 heavy (non-hydrogen) atoms. The van der Waals surface area contributed by atoms with E-state index >= 15 is 0 Å². The van der Waals surface area contributed by atoms with Crippen molar-refractivity contribution in [3.8, 4) is 0 Å². The van der Waals surface area contributed by atoms with E-state index in [4.69, 9.17) is 18.9 Å². The molecule has 0 bridgehead atoms. The van der Waals surface area contributed by atoms with Crippen LogP contribution in [0.5, 0.6) is 0 Å². The molecular weight excluding hydrogens is 374 g/mol. The maximum absolute atomic E-state index is 12.1. The Morgan fingerprint density at radius 1 is 1.14 bits per heavy atom. The molecule has 2 aliphatic rings. The van der Waals surface area contributed by atoms with Gasteiger partial charge in [0.05, 0.1) is 6.33 Å². The molecule has 2 aliphatic heterocycles. The van der Waals surface area contributed by atoms with Gasteiger partial charge in [-0.3, -0.25) is 14.2 Å². The van der Waals surface area contributed by atoms with Crippen LogP contribution in [0.25, 0.3) is 11.2 Å². The van der Waals surface area contributed by atoms with Gasteiger partial charge in [-0.2, -0.15) is 0 Å². The predicted molar refractivity (Wildman–Crippen MR) is 89.8 cm³/mol. The third kappa shape index (κ3) is 2.81. The van der Waals surface area contributed by atoms with E-state index in [2.05, 4.69) is 20.3 Å². The number of esters is 3. The van der Waals surface area contributed by atoms with E-state index < -0.39 is 48.6 Å². The Labute approximate surface area is 158 Å². The van der Waals surface area contributed by atoms with Gasteiger partial charge in [0.2, 0.25) is 6.10 Å². The van der Waals surface area contributed by atoms with Crippen LogP contribution in [0.15, 0.2) is 12.7 Å². The van der Waals surface area contributed by atoms with Crippen molar-refractivity contribution in [2.45, 2.75) is 44.5 Å². The van der Waals surface area contributed by atoms with Crippen molar-refractivity contribution in [2.75, 3.05) is 12.4 Å². The first-order chi connectivity index (χ1) is 13.4. The van der Waals surface area contributed by atoms with Crippen molar-refractivity contribution < 1.29 is 33.3 Å². The first-order valence-electron chi connectivity index (χ1n) is 8.46. The highest BCUT2D eigenvalue weighted by Crippen LogP contribution is 2.41. The van der Waals surface area contributed by atoms with Crippen LogP contribution in [0.2, 0.25) is 0 Å². The van der Waals surface area contributed by atoms with Gasteiger partial charge in [0, 0.05) is 20.9 Å². The molecule has 0 aliphatic carbocycles. The van der Waals surface area contributed by atoms with Gasteiger partial charge in [-0.25, -0.2) is 19.7 Å². The van der Waals surface area contributed by atoms with Crippen LogP contribution in [0, 0.1) is 0 Å². The molecule has 4 heterocycles. The van der Waals surface area contributed by atoms with Crippen LogP contribution in [0.4, 0.5) is 5.82 Å². The summed E-state index contributed by atoms with van der Waals surface area (Å²) in [6.07, 6.45) is -2.17. The average Bonchev–Trinajstić information content (AvgIpc) is 3.29. The molecule has 2 saturated heterocycles. The number of rotatable bonds is 4. The molecule has 2 aromatic rings. The van der Waals surface area contributed by atoms with Crippen LogP contribution in [0.3, 0.4) is 0 Å². The lowest BCUT2D eigenvalue weighted by Gasteiger charge is -2.22. The number of imidazole rings is 1. The van der Waals surface area contributed by atoms with Gasteiger partial charge in [0.15, 0.2) is 29.9 Å². The minimum absolute atomic E-state index is 0.428. The lowest BCUT2D eigenvalue weighted by Crippen LogP contribution is -2.36. The molecule has 4 rings (SSSR count). The largest absolute Gasteiger partial charge is 0.454 e. The number of ether oxygens (including phenoxy) is 4. The second kappa shape index (κ2) is 6.71. The Bertz CT molecular complexity index is 960. The number of nitrogens with zero attached hydrogens (tertiary/aromatic N) is 4. The summed E-state index contributed by atoms with van der Waals surface area (Å²) in [6, 6.07) is 0. The van der Waals surface area contributed by atoms with Gasteiger partial charge in [-0.1, -0.05) is 0 Å². The molecule has 0 radical (unpaired) electrons. The topological polar surface area (TPSA) is 144 Å². The number of anilines is 1. The van der Waals surface area contributed by atoms with E-state index in [0.717, 1.165) is 0 Å². The fourth-order valence-electron chi connectivity index (χ4n) is 3.43. The highest BCUT2D eigenvalue weighted by Gasteiger charge is 2.61. The van der Waals surface area contributed by atoms with Crippen molar-refractivity contribution in [2.24, 2.45) is 0 Å². The summed E-state index contributed by atoms with van der Waals surface area (Å²) in [5, 5.41) is 2.91.